The lowest BCUT2D eigenvalue weighted by Crippen LogP contribution is -2.56. The summed E-state index contributed by atoms with van der Waals surface area (Å²) in [6, 6.07) is 0.402. The SMILES string of the molecule is Cc1nn(CC(C)(NC2CC2)C(N)=O)cc1Cl. The average Bonchev–Trinajstić information content (AvgIpc) is 2.95. The van der Waals surface area contributed by atoms with Crippen LogP contribution in [0.2, 0.25) is 5.02 Å². The zero-order chi connectivity index (χ0) is 12.6. The fourth-order valence-electron chi connectivity index (χ4n) is 1.77. The zero-order valence-electron chi connectivity index (χ0n) is 10.0. The molecule has 0 aliphatic heterocycles. The van der Waals surface area contributed by atoms with E-state index in [2.05, 4.69) is 10.4 Å². The van der Waals surface area contributed by atoms with E-state index in [9.17, 15) is 4.79 Å². The van der Waals surface area contributed by atoms with Crippen molar-refractivity contribution in [2.45, 2.75) is 44.8 Å². The largest absolute Gasteiger partial charge is 0.368 e. The van der Waals surface area contributed by atoms with E-state index in [1.807, 2.05) is 6.92 Å². The molecule has 1 atom stereocenters. The number of aryl methyl sites for hydroxylation is 1. The maximum Gasteiger partial charge on any atom is 0.239 e. The van der Waals surface area contributed by atoms with Gasteiger partial charge in [-0.05, 0) is 26.7 Å². The third-order valence-electron chi connectivity index (χ3n) is 3.01. The number of rotatable bonds is 5. The van der Waals surface area contributed by atoms with Crippen LogP contribution in [0.1, 0.15) is 25.5 Å². The van der Waals surface area contributed by atoms with Gasteiger partial charge in [0.1, 0.15) is 5.54 Å². The molecule has 1 saturated carbocycles. The maximum absolute atomic E-state index is 11.6. The Labute approximate surface area is 105 Å². The van der Waals surface area contributed by atoms with Crippen LogP contribution in [0.25, 0.3) is 0 Å². The van der Waals surface area contributed by atoms with Crippen LogP contribution in [0.15, 0.2) is 6.20 Å². The van der Waals surface area contributed by atoms with Crippen LogP contribution in [0.4, 0.5) is 0 Å². The monoisotopic (exact) mass is 256 g/mol. The van der Waals surface area contributed by atoms with Crippen molar-refractivity contribution in [3.63, 3.8) is 0 Å². The number of aromatic nitrogens is 2. The quantitative estimate of drug-likeness (QED) is 0.820. The summed E-state index contributed by atoms with van der Waals surface area (Å²) in [4.78, 5) is 11.6. The van der Waals surface area contributed by atoms with Gasteiger partial charge in [-0.25, -0.2) is 0 Å². The summed E-state index contributed by atoms with van der Waals surface area (Å²) in [5.41, 5.74) is 5.44. The Bertz CT molecular complexity index is 421. The first-order valence-electron chi connectivity index (χ1n) is 5.68. The molecule has 1 aliphatic rings. The van der Waals surface area contributed by atoms with Gasteiger partial charge in [0.15, 0.2) is 0 Å². The molecule has 17 heavy (non-hydrogen) atoms. The Morgan fingerprint density at radius 2 is 2.41 bits per heavy atom. The summed E-state index contributed by atoms with van der Waals surface area (Å²) in [6.45, 7) is 4.03. The third kappa shape index (κ3) is 2.79. The highest BCUT2D eigenvalue weighted by Crippen LogP contribution is 2.23. The first-order chi connectivity index (χ1) is 7.90. The van der Waals surface area contributed by atoms with E-state index in [1.165, 1.54) is 0 Å². The Morgan fingerprint density at radius 3 is 2.82 bits per heavy atom. The predicted molar refractivity (Wildman–Crippen MR) is 65.7 cm³/mol. The fraction of sp³-hybridized carbons (Fsp3) is 0.636. The number of nitrogens with zero attached hydrogens (tertiary/aromatic N) is 2. The Hall–Kier alpha value is -1.07. The van der Waals surface area contributed by atoms with Gasteiger partial charge in [-0.2, -0.15) is 5.10 Å². The highest BCUT2D eigenvalue weighted by Gasteiger charge is 2.37. The minimum Gasteiger partial charge on any atom is -0.368 e. The standard InChI is InChI=1S/C11H17ClN4O/c1-7-9(12)5-16(15-7)6-11(2,10(13)17)14-8-3-4-8/h5,8,14H,3-4,6H2,1-2H3,(H2,13,17). The smallest absolute Gasteiger partial charge is 0.239 e. The molecule has 94 valence electrons. The van der Waals surface area contributed by atoms with Gasteiger partial charge in [0.2, 0.25) is 5.91 Å². The number of nitrogens with one attached hydrogen (secondary N) is 1. The van der Waals surface area contributed by atoms with Crippen molar-refractivity contribution in [3.8, 4) is 0 Å². The molecule has 1 aromatic heterocycles. The normalized spacial score (nSPS) is 19.0. The van der Waals surface area contributed by atoms with Crippen LogP contribution in [-0.2, 0) is 11.3 Å². The second-order valence-electron chi connectivity index (χ2n) is 4.87. The lowest BCUT2D eigenvalue weighted by molar-refractivity contribution is -0.124. The van der Waals surface area contributed by atoms with Crippen LogP contribution in [-0.4, -0.2) is 27.3 Å². The summed E-state index contributed by atoms with van der Waals surface area (Å²) in [6.07, 6.45) is 3.91. The summed E-state index contributed by atoms with van der Waals surface area (Å²) < 4.78 is 1.66. The molecule has 1 heterocycles. The molecule has 0 radical (unpaired) electrons. The second kappa shape index (κ2) is 4.31. The van der Waals surface area contributed by atoms with Crippen molar-refractivity contribution in [3.05, 3.63) is 16.9 Å². The Morgan fingerprint density at radius 1 is 1.76 bits per heavy atom. The van der Waals surface area contributed by atoms with Crippen LogP contribution in [0.3, 0.4) is 0 Å². The molecular weight excluding hydrogens is 240 g/mol. The van der Waals surface area contributed by atoms with Crippen LogP contribution >= 0.6 is 11.6 Å². The summed E-state index contributed by atoms with van der Waals surface area (Å²) >= 11 is 5.94. The van der Waals surface area contributed by atoms with Crippen LogP contribution < -0.4 is 11.1 Å². The molecule has 2 rings (SSSR count). The number of amides is 1. The van der Waals surface area contributed by atoms with Crippen molar-refractivity contribution < 1.29 is 4.79 Å². The Kier molecular flexibility index (Phi) is 3.14. The minimum absolute atomic E-state index is 0.367. The summed E-state index contributed by atoms with van der Waals surface area (Å²) in [5, 5.41) is 8.11. The van der Waals surface area contributed by atoms with E-state index < -0.39 is 5.54 Å². The van der Waals surface area contributed by atoms with Gasteiger partial charge in [-0.3, -0.25) is 14.8 Å². The molecule has 0 saturated heterocycles. The third-order valence-corrected chi connectivity index (χ3v) is 3.38. The average molecular weight is 257 g/mol. The van der Waals surface area contributed by atoms with E-state index in [4.69, 9.17) is 17.3 Å². The highest BCUT2D eigenvalue weighted by molar-refractivity contribution is 6.31. The van der Waals surface area contributed by atoms with E-state index >= 15 is 0 Å². The van der Waals surface area contributed by atoms with E-state index in [-0.39, 0.29) is 5.91 Å². The number of carbonyl (C=O) groups is 1. The van der Waals surface area contributed by atoms with Gasteiger partial charge in [-0.15, -0.1) is 0 Å². The molecule has 1 amide bonds. The molecular formula is C11H17ClN4O. The molecule has 5 nitrogen and oxygen atoms in total. The van der Waals surface area contributed by atoms with Crippen molar-refractivity contribution in [2.24, 2.45) is 5.73 Å². The van der Waals surface area contributed by atoms with Gasteiger partial charge in [0.25, 0.3) is 0 Å². The summed E-state index contributed by atoms with van der Waals surface area (Å²) in [7, 11) is 0. The molecule has 1 fully saturated rings. The number of hydrogen-bond donors (Lipinski definition) is 2. The Balaban J connectivity index is 2.13. The first-order valence-corrected chi connectivity index (χ1v) is 6.06. The molecule has 1 aromatic rings. The molecule has 3 N–H and O–H groups in total. The highest BCUT2D eigenvalue weighted by atomic mass is 35.5. The maximum atomic E-state index is 11.6. The van der Waals surface area contributed by atoms with Crippen LogP contribution in [0, 0.1) is 6.92 Å². The van der Waals surface area contributed by atoms with Gasteiger partial charge in [-0.1, -0.05) is 11.6 Å². The lowest BCUT2D eigenvalue weighted by Gasteiger charge is -2.27. The van der Waals surface area contributed by atoms with Crippen LogP contribution in [0.5, 0.6) is 0 Å². The molecule has 6 heteroatoms. The lowest BCUT2D eigenvalue weighted by atomic mass is 10.0. The summed E-state index contributed by atoms with van der Waals surface area (Å²) in [5.74, 6) is -0.367. The molecule has 0 spiro atoms. The van der Waals surface area contributed by atoms with Gasteiger partial charge >= 0.3 is 0 Å². The first kappa shape index (κ1) is 12.4. The predicted octanol–water partition coefficient (Wildman–Crippen LogP) is 0.841. The van der Waals surface area contributed by atoms with Crippen molar-refractivity contribution in [1.29, 1.82) is 0 Å². The van der Waals surface area contributed by atoms with Gasteiger partial charge in [0, 0.05) is 12.2 Å². The number of nitrogens with two attached hydrogens (primary N) is 1. The van der Waals surface area contributed by atoms with E-state index in [0.29, 0.717) is 17.6 Å². The van der Waals surface area contributed by atoms with Crippen molar-refractivity contribution in [1.82, 2.24) is 15.1 Å². The molecule has 0 aromatic carbocycles. The fourth-order valence-corrected chi connectivity index (χ4v) is 1.92. The van der Waals surface area contributed by atoms with E-state index in [1.54, 1.807) is 17.8 Å². The minimum atomic E-state index is -0.775. The molecule has 0 bridgehead atoms. The topological polar surface area (TPSA) is 72.9 Å². The zero-order valence-corrected chi connectivity index (χ0v) is 10.8. The molecule has 1 unspecified atom stereocenters. The van der Waals surface area contributed by atoms with E-state index in [0.717, 1.165) is 18.5 Å². The number of halogens is 1. The van der Waals surface area contributed by atoms with Gasteiger partial charge < -0.3 is 5.73 Å². The number of hydrogen-bond acceptors (Lipinski definition) is 3. The number of primary amides is 1. The van der Waals surface area contributed by atoms with Gasteiger partial charge in [0.05, 0.1) is 17.3 Å². The molecule has 1 aliphatic carbocycles. The number of carbonyl (C=O) groups excluding carboxylic acids is 1. The van der Waals surface area contributed by atoms with Crippen molar-refractivity contribution >= 4 is 17.5 Å². The second-order valence-corrected chi connectivity index (χ2v) is 5.28. The van der Waals surface area contributed by atoms with Crippen molar-refractivity contribution in [2.75, 3.05) is 0 Å².